The second kappa shape index (κ2) is 2.31. The summed E-state index contributed by atoms with van der Waals surface area (Å²) in [6.45, 7) is 0.0242. The Kier molecular flexibility index (Phi) is 1.43. The summed E-state index contributed by atoms with van der Waals surface area (Å²) in [6.07, 6.45) is 2.51. The minimum Gasteiger partial charge on any atom is -0.438 e. The first-order chi connectivity index (χ1) is 6.63. The summed E-state index contributed by atoms with van der Waals surface area (Å²) in [5, 5.41) is 9.98. The van der Waals surface area contributed by atoms with Gasteiger partial charge in [-0.15, -0.1) is 0 Å². The van der Waals surface area contributed by atoms with Gasteiger partial charge in [0.2, 0.25) is 0 Å². The molecular formula is C10H14O4. The number of aliphatic hydroxyl groups is 1. The maximum Gasteiger partial charge on any atom is 0.314 e. The first-order valence-electron chi connectivity index (χ1n) is 5.02. The molecule has 0 heterocycles. The first-order valence-corrected chi connectivity index (χ1v) is 5.02. The minimum atomic E-state index is -0.508. The average molecular weight is 198 g/mol. The number of hydrogen-bond donors (Lipinski definition) is 1. The monoisotopic (exact) mass is 198 g/mol. The molecule has 78 valence electrons. The Morgan fingerprint density at radius 3 is 2.86 bits per heavy atom. The van der Waals surface area contributed by atoms with E-state index in [9.17, 15) is 9.90 Å². The maximum absolute atomic E-state index is 11.7. The average Bonchev–Trinajstić information content (AvgIpc) is 3.02. The molecule has 3 rings (SSSR count). The van der Waals surface area contributed by atoms with Gasteiger partial charge in [-0.05, 0) is 25.2 Å². The van der Waals surface area contributed by atoms with E-state index < -0.39 is 5.60 Å². The van der Waals surface area contributed by atoms with Crippen molar-refractivity contribution in [2.24, 2.45) is 17.3 Å². The van der Waals surface area contributed by atoms with Gasteiger partial charge < -0.3 is 14.6 Å². The van der Waals surface area contributed by atoms with Gasteiger partial charge in [-0.3, -0.25) is 4.79 Å². The Labute approximate surface area is 82.2 Å². The summed E-state index contributed by atoms with van der Waals surface area (Å²) in [4.78, 5) is 11.7. The van der Waals surface area contributed by atoms with E-state index in [1.807, 2.05) is 0 Å². The molecule has 0 aromatic carbocycles. The Morgan fingerprint density at radius 1 is 1.50 bits per heavy atom. The van der Waals surface area contributed by atoms with Crippen molar-refractivity contribution in [2.45, 2.75) is 24.9 Å². The molecule has 0 spiro atoms. The lowest BCUT2D eigenvalue weighted by Crippen LogP contribution is -2.22. The molecule has 0 bridgehead atoms. The molecule has 4 nitrogen and oxygen atoms in total. The molecule has 0 aromatic heterocycles. The van der Waals surface area contributed by atoms with Crippen molar-refractivity contribution < 1.29 is 19.4 Å². The van der Waals surface area contributed by atoms with Gasteiger partial charge >= 0.3 is 5.97 Å². The van der Waals surface area contributed by atoms with Crippen LogP contribution in [-0.4, -0.2) is 30.6 Å². The van der Waals surface area contributed by atoms with Crippen LogP contribution in [0.1, 0.15) is 19.3 Å². The molecular weight excluding hydrogens is 184 g/mol. The van der Waals surface area contributed by atoms with E-state index in [0.29, 0.717) is 5.92 Å². The highest BCUT2D eigenvalue weighted by Crippen LogP contribution is 2.79. The highest BCUT2D eigenvalue weighted by atomic mass is 16.7. The van der Waals surface area contributed by atoms with E-state index >= 15 is 0 Å². The van der Waals surface area contributed by atoms with Crippen molar-refractivity contribution in [3.8, 4) is 0 Å². The fraction of sp³-hybridized carbons (Fsp3) is 0.900. The minimum absolute atomic E-state index is 0.0242. The van der Waals surface area contributed by atoms with Crippen LogP contribution in [-0.2, 0) is 14.3 Å². The number of esters is 1. The summed E-state index contributed by atoms with van der Waals surface area (Å²) in [5.74, 6) is 0.352. The number of carbonyl (C=O) groups excluding carboxylic acids is 1. The van der Waals surface area contributed by atoms with Crippen LogP contribution in [0, 0.1) is 17.3 Å². The van der Waals surface area contributed by atoms with E-state index in [-0.39, 0.29) is 24.1 Å². The van der Waals surface area contributed by atoms with Crippen LogP contribution in [0.5, 0.6) is 0 Å². The van der Waals surface area contributed by atoms with E-state index in [0.717, 1.165) is 19.3 Å². The summed E-state index contributed by atoms with van der Waals surface area (Å²) in [7, 11) is 1.50. The number of rotatable bonds is 3. The molecule has 0 saturated heterocycles. The predicted octanol–water partition coefficient (Wildman–Crippen LogP) is 0.295. The second-order valence-corrected chi connectivity index (χ2v) is 4.85. The van der Waals surface area contributed by atoms with E-state index in [1.165, 1.54) is 7.11 Å². The first kappa shape index (κ1) is 8.68. The lowest BCUT2D eigenvalue weighted by molar-refractivity contribution is -0.161. The van der Waals surface area contributed by atoms with Gasteiger partial charge in [0, 0.05) is 13.0 Å². The van der Waals surface area contributed by atoms with Crippen LogP contribution in [0.15, 0.2) is 0 Å². The molecule has 3 fully saturated rings. The fourth-order valence-corrected chi connectivity index (χ4v) is 3.20. The van der Waals surface area contributed by atoms with E-state index in [1.54, 1.807) is 0 Å². The Bertz CT molecular complexity index is 302. The van der Waals surface area contributed by atoms with Crippen LogP contribution in [0.3, 0.4) is 0 Å². The summed E-state index contributed by atoms with van der Waals surface area (Å²) >= 11 is 0. The van der Waals surface area contributed by atoms with Crippen molar-refractivity contribution in [3.05, 3.63) is 0 Å². The zero-order chi connectivity index (χ0) is 9.97. The third-order valence-electron chi connectivity index (χ3n) is 4.12. The van der Waals surface area contributed by atoms with Crippen LogP contribution in [0.2, 0.25) is 0 Å². The molecule has 2 unspecified atom stereocenters. The van der Waals surface area contributed by atoms with Gasteiger partial charge in [-0.25, -0.2) is 0 Å². The number of fused-ring (bicyclic) bond motifs is 3. The van der Waals surface area contributed by atoms with Crippen molar-refractivity contribution in [3.63, 3.8) is 0 Å². The van der Waals surface area contributed by atoms with Crippen LogP contribution >= 0.6 is 0 Å². The van der Waals surface area contributed by atoms with Crippen LogP contribution in [0.25, 0.3) is 0 Å². The van der Waals surface area contributed by atoms with Crippen molar-refractivity contribution in [1.29, 1.82) is 0 Å². The van der Waals surface area contributed by atoms with Gasteiger partial charge in [0.05, 0.1) is 11.0 Å². The largest absolute Gasteiger partial charge is 0.438 e. The second-order valence-electron chi connectivity index (χ2n) is 4.85. The molecule has 3 saturated carbocycles. The summed E-state index contributed by atoms with van der Waals surface area (Å²) in [5.41, 5.74) is -0.845. The summed E-state index contributed by atoms with van der Waals surface area (Å²) in [6, 6.07) is 0. The van der Waals surface area contributed by atoms with Crippen molar-refractivity contribution in [1.82, 2.24) is 0 Å². The van der Waals surface area contributed by atoms with Crippen LogP contribution in [0.4, 0.5) is 0 Å². The molecule has 14 heavy (non-hydrogen) atoms. The zero-order valence-corrected chi connectivity index (χ0v) is 8.16. The SMILES string of the molecule is COCOC(=O)C12CC3C[C@@]3(O)[C@@H]1C2. The number of ether oxygens (including phenoxy) is 2. The quantitative estimate of drug-likeness (QED) is 0.523. The van der Waals surface area contributed by atoms with Gasteiger partial charge in [-0.2, -0.15) is 0 Å². The lowest BCUT2D eigenvalue weighted by atomic mass is 10.0. The molecule has 0 aliphatic heterocycles. The zero-order valence-electron chi connectivity index (χ0n) is 8.16. The highest BCUT2D eigenvalue weighted by Gasteiger charge is 2.82. The Hall–Kier alpha value is -0.610. The summed E-state index contributed by atoms with van der Waals surface area (Å²) < 4.78 is 9.65. The topological polar surface area (TPSA) is 55.8 Å². The molecule has 4 heteroatoms. The molecule has 0 aromatic rings. The van der Waals surface area contributed by atoms with E-state index in [2.05, 4.69) is 0 Å². The number of hydrogen-bond acceptors (Lipinski definition) is 4. The van der Waals surface area contributed by atoms with Gasteiger partial charge in [0.25, 0.3) is 0 Å². The van der Waals surface area contributed by atoms with Gasteiger partial charge in [0.15, 0.2) is 6.79 Å². The predicted molar refractivity (Wildman–Crippen MR) is 46.2 cm³/mol. The number of methoxy groups -OCH3 is 1. The maximum atomic E-state index is 11.7. The normalized spacial score (nSPS) is 52.1. The standard InChI is InChI=1S/C10H14O4/c1-13-5-14-8(11)9-2-6-3-10(6,12)7(9)4-9/h6-7,12H,2-5H2,1H3/t6?,7-,9?,10+/m1/s1. The third-order valence-corrected chi connectivity index (χ3v) is 4.12. The molecule has 3 aliphatic rings. The number of carbonyl (C=O) groups is 1. The molecule has 3 aliphatic carbocycles. The van der Waals surface area contributed by atoms with Gasteiger partial charge in [-0.1, -0.05) is 0 Å². The molecule has 1 N–H and O–H groups in total. The Morgan fingerprint density at radius 2 is 2.29 bits per heavy atom. The van der Waals surface area contributed by atoms with Crippen molar-refractivity contribution in [2.75, 3.05) is 13.9 Å². The highest BCUT2D eigenvalue weighted by molar-refractivity contribution is 5.82. The van der Waals surface area contributed by atoms with Crippen molar-refractivity contribution >= 4 is 5.97 Å². The van der Waals surface area contributed by atoms with Crippen LogP contribution < -0.4 is 0 Å². The smallest absolute Gasteiger partial charge is 0.314 e. The third kappa shape index (κ3) is 0.834. The molecule has 4 atom stereocenters. The van der Waals surface area contributed by atoms with E-state index in [4.69, 9.17) is 9.47 Å². The Balaban J connectivity index is 1.68. The molecule has 0 amide bonds. The van der Waals surface area contributed by atoms with Gasteiger partial charge in [0.1, 0.15) is 0 Å². The lowest BCUT2D eigenvalue weighted by Gasteiger charge is -2.12. The molecule has 0 radical (unpaired) electrons. The fourth-order valence-electron chi connectivity index (χ4n) is 3.20.